The van der Waals surface area contributed by atoms with Crippen LogP contribution in [0.2, 0.25) is 0 Å². The molecule has 2 rings (SSSR count). The summed E-state index contributed by atoms with van der Waals surface area (Å²) >= 11 is 0. The Morgan fingerprint density at radius 2 is 2.00 bits per heavy atom. The Balaban J connectivity index is 0.00000242. The molecule has 1 amide bonds. The number of amides is 1. The van der Waals surface area contributed by atoms with Gasteiger partial charge in [-0.2, -0.15) is 0 Å². The van der Waals surface area contributed by atoms with Gasteiger partial charge in [-0.25, -0.2) is 13.1 Å². The lowest BCUT2D eigenvalue weighted by molar-refractivity contribution is -0.139. The number of halogens is 1. The van der Waals surface area contributed by atoms with Crippen LogP contribution in [0, 0.1) is 5.92 Å². The highest BCUT2D eigenvalue weighted by Crippen LogP contribution is 2.29. The van der Waals surface area contributed by atoms with Crippen molar-refractivity contribution in [3.63, 3.8) is 0 Å². The van der Waals surface area contributed by atoms with Crippen LogP contribution >= 0.6 is 12.4 Å². The maximum atomic E-state index is 12.6. The van der Waals surface area contributed by atoms with E-state index in [4.69, 9.17) is 5.73 Å². The Hall–Kier alpha value is -0.370. The molecule has 8 heteroatoms. The minimum atomic E-state index is -3.16. The van der Waals surface area contributed by atoms with E-state index in [1.165, 1.54) is 0 Å². The molecule has 1 saturated carbocycles. The van der Waals surface area contributed by atoms with Crippen molar-refractivity contribution in [1.82, 2.24) is 9.62 Å². The Morgan fingerprint density at radius 1 is 1.27 bits per heavy atom. The second kappa shape index (κ2) is 8.47. The summed E-state index contributed by atoms with van der Waals surface area (Å²) in [7, 11) is -3.16. The molecule has 130 valence electrons. The van der Waals surface area contributed by atoms with Crippen molar-refractivity contribution in [3.05, 3.63) is 0 Å². The molecule has 2 fully saturated rings. The molecular weight excluding hydrogens is 326 g/mol. The minimum absolute atomic E-state index is 0. The van der Waals surface area contributed by atoms with E-state index in [2.05, 4.69) is 4.72 Å². The van der Waals surface area contributed by atoms with Crippen molar-refractivity contribution in [1.29, 1.82) is 0 Å². The van der Waals surface area contributed by atoms with Gasteiger partial charge in [0.15, 0.2) is 0 Å². The van der Waals surface area contributed by atoms with E-state index in [9.17, 15) is 13.2 Å². The maximum absolute atomic E-state index is 12.6. The predicted octanol–water partition coefficient (Wildman–Crippen LogP) is 0.856. The van der Waals surface area contributed by atoms with Crippen LogP contribution in [0.25, 0.3) is 0 Å². The summed E-state index contributed by atoms with van der Waals surface area (Å²) < 4.78 is 24.8. The molecule has 0 aromatic heterocycles. The summed E-state index contributed by atoms with van der Waals surface area (Å²) in [6.45, 7) is 1.20. The first-order valence-corrected chi connectivity index (χ1v) is 9.76. The summed E-state index contributed by atoms with van der Waals surface area (Å²) in [6.07, 6.45) is 7.60. The number of hydrogen-bond acceptors (Lipinski definition) is 4. The Kier molecular flexibility index (Phi) is 7.58. The molecule has 2 aliphatic rings. The van der Waals surface area contributed by atoms with E-state index in [1.54, 1.807) is 0 Å². The van der Waals surface area contributed by atoms with Crippen LogP contribution in [0.1, 0.15) is 44.9 Å². The van der Waals surface area contributed by atoms with Crippen LogP contribution in [0.5, 0.6) is 0 Å². The molecule has 0 bridgehead atoms. The summed E-state index contributed by atoms with van der Waals surface area (Å²) in [6, 6.07) is 0.325. The zero-order valence-electron chi connectivity index (χ0n) is 13.2. The number of nitrogens with two attached hydrogens (primary N) is 1. The SMILES string of the molecule is CS(=O)(=O)NCCC1CCCCN1C(=O)C1CCC(N)C1.Cl. The molecule has 1 aliphatic heterocycles. The van der Waals surface area contributed by atoms with Gasteiger partial charge in [0.2, 0.25) is 15.9 Å². The van der Waals surface area contributed by atoms with Gasteiger partial charge in [0.25, 0.3) is 0 Å². The lowest BCUT2D eigenvalue weighted by Gasteiger charge is -2.37. The number of nitrogens with zero attached hydrogens (tertiary/aromatic N) is 1. The molecule has 0 radical (unpaired) electrons. The highest BCUT2D eigenvalue weighted by molar-refractivity contribution is 7.88. The van der Waals surface area contributed by atoms with Gasteiger partial charge in [0, 0.05) is 31.1 Å². The van der Waals surface area contributed by atoms with Gasteiger partial charge in [-0.05, 0) is 44.9 Å². The largest absolute Gasteiger partial charge is 0.339 e. The first-order chi connectivity index (χ1) is 9.87. The first-order valence-electron chi connectivity index (χ1n) is 7.87. The fraction of sp³-hybridized carbons (Fsp3) is 0.929. The van der Waals surface area contributed by atoms with Gasteiger partial charge in [0.05, 0.1) is 6.26 Å². The van der Waals surface area contributed by atoms with Gasteiger partial charge in [-0.1, -0.05) is 0 Å². The van der Waals surface area contributed by atoms with E-state index in [1.807, 2.05) is 4.90 Å². The van der Waals surface area contributed by atoms with Crippen LogP contribution in [0.15, 0.2) is 0 Å². The number of carbonyl (C=O) groups excluding carboxylic acids is 1. The van der Waals surface area contributed by atoms with E-state index in [0.717, 1.165) is 51.3 Å². The molecule has 3 unspecified atom stereocenters. The first kappa shape index (κ1) is 19.7. The van der Waals surface area contributed by atoms with Crippen LogP contribution in [0.4, 0.5) is 0 Å². The average molecular weight is 354 g/mol. The maximum Gasteiger partial charge on any atom is 0.225 e. The van der Waals surface area contributed by atoms with Crippen molar-refractivity contribution >= 4 is 28.3 Å². The van der Waals surface area contributed by atoms with E-state index < -0.39 is 10.0 Å². The zero-order valence-corrected chi connectivity index (χ0v) is 14.8. The highest BCUT2D eigenvalue weighted by atomic mass is 35.5. The molecule has 3 atom stereocenters. The third kappa shape index (κ3) is 5.68. The van der Waals surface area contributed by atoms with Crippen molar-refractivity contribution in [2.24, 2.45) is 11.7 Å². The van der Waals surface area contributed by atoms with Gasteiger partial charge in [-0.15, -0.1) is 12.4 Å². The van der Waals surface area contributed by atoms with E-state index >= 15 is 0 Å². The number of sulfonamides is 1. The van der Waals surface area contributed by atoms with Crippen molar-refractivity contribution in [2.45, 2.75) is 57.0 Å². The van der Waals surface area contributed by atoms with Crippen LogP contribution in [0.3, 0.4) is 0 Å². The molecule has 1 saturated heterocycles. The van der Waals surface area contributed by atoms with Gasteiger partial charge < -0.3 is 10.6 Å². The number of likely N-dealkylation sites (tertiary alicyclic amines) is 1. The smallest absolute Gasteiger partial charge is 0.225 e. The second-order valence-electron chi connectivity index (χ2n) is 6.41. The number of nitrogens with one attached hydrogen (secondary N) is 1. The number of hydrogen-bond donors (Lipinski definition) is 2. The Labute approximate surface area is 139 Å². The fourth-order valence-electron chi connectivity index (χ4n) is 3.48. The molecule has 1 aliphatic carbocycles. The molecule has 6 nitrogen and oxygen atoms in total. The normalized spacial score (nSPS) is 29.2. The average Bonchev–Trinajstić information content (AvgIpc) is 2.84. The quantitative estimate of drug-likeness (QED) is 0.766. The van der Waals surface area contributed by atoms with E-state index in [0.29, 0.717) is 13.0 Å². The topological polar surface area (TPSA) is 92.5 Å². The van der Waals surface area contributed by atoms with Crippen LogP contribution in [-0.4, -0.2) is 50.7 Å². The van der Waals surface area contributed by atoms with Gasteiger partial charge >= 0.3 is 0 Å². The molecular formula is C14H28ClN3O3S. The van der Waals surface area contributed by atoms with Crippen LogP contribution in [-0.2, 0) is 14.8 Å². The lowest BCUT2D eigenvalue weighted by atomic mass is 9.96. The fourth-order valence-corrected chi connectivity index (χ4v) is 3.97. The summed E-state index contributed by atoms with van der Waals surface area (Å²) in [5, 5.41) is 0. The second-order valence-corrected chi connectivity index (χ2v) is 8.24. The number of rotatable bonds is 5. The van der Waals surface area contributed by atoms with Crippen molar-refractivity contribution < 1.29 is 13.2 Å². The summed E-state index contributed by atoms with van der Waals surface area (Å²) in [5.74, 6) is 0.301. The van der Waals surface area contributed by atoms with Gasteiger partial charge in [-0.3, -0.25) is 4.79 Å². The third-order valence-electron chi connectivity index (χ3n) is 4.57. The highest BCUT2D eigenvalue weighted by Gasteiger charge is 2.34. The summed E-state index contributed by atoms with van der Waals surface area (Å²) in [5.41, 5.74) is 5.91. The molecule has 0 aromatic carbocycles. The lowest BCUT2D eigenvalue weighted by Crippen LogP contribution is -2.47. The number of piperidine rings is 1. The van der Waals surface area contributed by atoms with Crippen LogP contribution < -0.4 is 10.5 Å². The predicted molar refractivity (Wildman–Crippen MR) is 89.4 cm³/mol. The Morgan fingerprint density at radius 3 is 2.59 bits per heavy atom. The Bertz CT molecular complexity index is 472. The molecule has 22 heavy (non-hydrogen) atoms. The van der Waals surface area contributed by atoms with Crippen molar-refractivity contribution in [2.75, 3.05) is 19.3 Å². The summed E-state index contributed by atoms with van der Waals surface area (Å²) in [4.78, 5) is 14.6. The molecule has 1 heterocycles. The monoisotopic (exact) mass is 353 g/mol. The third-order valence-corrected chi connectivity index (χ3v) is 5.30. The molecule has 0 spiro atoms. The van der Waals surface area contributed by atoms with E-state index in [-0.39, 0.29) is 36.3 Å². The zero-order chi connectivity index (χ0) is 15.5. The van der Waals surface area contributed by atoms with Crippen molar-refractivity contribution in [3.8, 4) is 0 Å². The molecule has 3 N–H and O–H groups in total. The molecule has 0 aromatic rings. The number of carbonyl (C=O) groups is 1. The van der Waals surface area contributed by atoms with Gasteiger partial charge in [0.1, 0.15) is 0 Å². The minimum Gasteiger partial charge on any atom is -0.339 e. The standard InChI is InChI=1S/C14H27N3O3S.ClH/c1-21(19,20)16-8-7-13-4-2-3-9-17(13)14(18)11-5-6-12(15)10-11;/h11-13,16H,2-10,15H2,1H3;1H.